The van der Waals surface area contributed by atoms with E-state index in [0.29, 0.717) is 36.1 Å². The number of carbonyl (C=O) groups excluding carboxylic acids is 2. The molecule has 2 aromatic rings. The first-order chi connectivity index (χ1) is 12.5. The zero-order valence-corrected chi connectivity index (χ0v) is 14.5. The maximum Gasteiger partial charge on any atom is 0.329 e. The standard InChI is InChI=1S/C19H19N3O4/c1-12-3-6-15(7-4-12)20-18(23)19(24)22-21-13(2)14-5-8-16-17(11-14)26-10-9-25-16/h3-8,11H,9-10H2,1-2H3,(H,20,23)(H,22,24)/b21-13-. The van der Waals surface area contributed by atoms with E-state index in [4.69, 9.17) is 9.47 Å². The molecule has 0 radical (unpaired) electrons. The Morgan fingerprint density at radius 1 is 0.962 bits per heavy atom. The topological polar surface area (TPSA) is 89.0 Å². The Balaban J connectivity index is 1.61. The third-order valence-corrected chi connectivity index (χ3v) is 3.80. The minimum absolute atomic E-state index is 0.489. The Morgan fingerprint density at radius 2 is 1.65 bits per heavy atom. The summed E-state index contributed by atoms with van der Waals surface area (Å²) in [6.07, 6.45) is 0. The highest BCUT2D eigenvalue weighted by molar-refractivity contribution is 6.39. The minimum Gasteiger partial charge on any atom is -0.486 e. The predicted octanol–water partition coefficient (Wildman–Crippen LogP) is 2.25. The summed E-state index contributed by atoms with van der Waals surface area (Å²) in [7, 11) is 0. The molecule has 1 aliphatic heterocycles. The number of carbonyl (C=O) groups is 2. The van der Waals surface area contributed by atoms with E-state index in [-0.39, 0.29) is 0 Å². The van der Waals surface area contributed by atoms with Gasteiger partial charge in [-0.2, -0.15) is 5.10 Å². The molecule has 134 valence electrons. The molecule has 2 N–H and O–H groups in total. The second-order valence-corrected chi connectivity index (χ2v) is 5.82. The molecule has 26 heavy (non-hydrogen) atoms. The van der Waals surface area contributed by atoms with E-state index in [1.54, 1.807) is 31.2 Å². The molecular weight excluding hydrogens is 334 g/mol. The second-order valence-electron chi connectivity index (χ2n) is 5.82. The van der Waals surface area contributed by atoms with Crippen LogP contribution in [0.3, 0.4) is 0 Å². The fourth-order valence-electron chi connectivity index (χ4n) is 2.34. The molecule has 7 heteroatoms. The van der Waals surface area contributed by atoms with Crippen molar-refractivity contribution >= 4 is 23.2 Å². The quantitative estimate of drug-likeness (QED) is 0.503. The number of hydrazone groups is 1. The normalized spacial score (nSPS) is 13.1. The maximum absolute atomic E-state index is 11.9. The van der Waals surface area contributed by atoms with Crippen molar-refractivity contribution in [3.63, 3.8) is 0 Å². The van der Waals surface area contributed by atoms with E-state index < -0.39 is 11.8 Å². The number of hydrogen-bond acceptors (Lipinski definition) is 5. The molecule has 0 aliphatic carbocycles. The summed E-state index contributed by atoms with van der Waals surface area (Å²) in [6, 6.07) is 12.5. The van der Waals surface area contributed by atoms with E-state index >= 15 is 0 Å². The van der Waals surface area contributed by atoms with Gasteiger partial charge in [-0.3, -0.25) is 9.59 Å². The summed E-state index contributed by atoms with van der Waals surface area (Å²) < 4.78 is 11.0. The van der Waals surface area contributed by atoms with E-state index in [1.165, 1.54) is 0 Å². The largest absolute Gasteiger partial charge is 0.486 e. The van der Waals surface area contributed by atoms with Gasteiger partial charge in [-0.25, -0.2) is 5.43 Å². The summed E-state index contributed by atoms with van der Waals surface area (Å²) in [4.78, 5) is 23.8. The zero-order chi connectivity index (χ0) is 18.5. The number of fused-ring (bicyclic) bond motifs is 1. The van der Waals surface area contributed by atoms with E-state index in [9.17, 15) is 9.59 Å². The molecule has 0 aromatic heterocycles. The van der Waals surface area contributed by atoms with Crippen LogP contribution in [0.25, 0.3) is 0 Å². The third-order valence-electron chi connectivity index (χ3n) is 3.80. The molecule has 0 unspecified atom stereocenters. The Morgan fingerprint density at radius 3 is 2.38 bits per heavy atom. The zero-order valence-electron chi connectivity index (χ0n) is 14.5. The summed E-state index contributed by atoms with van der Waals surface area (Å²) >= 11 is 0. The summed E-state index contributed by atoms with van der Waals surface area (Å²) in [5, 5.41) is 6.50. The van der Waals surface area contributed by atoms with E-state index in [2.05, 4.69) is 15.8 Å². The van der Waals surface area contributed by atoms with E-state index in [1.807, 2.05) is 25.1 Å². The molecule has 0 atom stereocenters. The van der Waals surface area contributed by atoms with Gasteiger partial charge in [0.1, 0.15) is 13.2 Å². The number of anilines is 1. The van der Waals surface area contributed by atoms with Crippen molar-refractivity contribution in [1.29, 1.82) is 0 Å². The van der Waals surface area contributed by atoms with Crippen LogP contribution in [0.5, 0.6) is 11.5 Å². The van der Waals surface area contributed by atoms with Crippen LogP contribution in [0, 0.1) is 6.92 Å². The third kappa shape index (κ3) is 4.18. The number of rotatable bonds is 3. The van der Waals surface area contributed by atoms with Crippen LogP contribution in [-0.4, -0.2) is 30.7 Å². The number of benzene rings is 2. The van der Waals surface area contributed by atoms with Gasteiger partial charge in [0.15, 0.2) is 11.5 Å². The van der Waals surface area contributed by atoms with Crippen LogP contribution < -0.4 is 20.2 Å². The number of nitrogens with one attached hydrogen (secondary N) is 2. The molecule has 1 heterocycles. The van der Waals surface area contributed by atoms with Gasteiger partial charge in [0.05, 0.1) is 5.71 Å². The summed E-state index contributed by atoms with van der Waals surface area (Å²) in [6.45, 7) is 4.67. The smallest absolute Gasteiger partial charge is 0.329 e. The van der Waals surface area contributed by atoms with E-state index in [0.717, 1.165) is 11.1 Å². The highest BCUT2D eigenvalue weighted by Crippen LogP contribution is 2.30. The Hall–Kier alpha value is -3.35. The fraction of sp³-hybridized carbons (Fsp3) is 0.211. The molecule has 0 fully saturated rings. The molecule has 2 aromatic carbocycles. The van der Waals surface area contributed by atoms with Crippen LogP contribution in [0.2, 0.25) is 0 Å². The van der Waals surface area contributed by atoms with Crippen molar-refractivity contribution in [2.45, 2.75) is 13.8 Å². The summed E-state index contributed by atoms with van der Waals surface area (Å²) in [5.74, 6) is -0.323. The highest BCUT2D eigenvalue weighted by atomic mass is 16.6. The van der Waals surface area contributed by atoms with Crippen LogP contribution in [0.1, 0.15) is 18.1 Å². The van der Waals surface area contributed by atoms with Crippen molar-refractivity contribution in [2.75, 3.05) is 18.5 Å². The SMILES string of the molecule is C/C(=N/NC(=O)C(=O)Nc1ccc(C)cc1)c1ccc2c(c1)OCCO2. The Kier molecular flexibility index (Phi) is 5.17. The first kappa shape index (κ1) is 17.5. The number of aryl methyl sites for hydroxylation is 1. The van der Waals surface area contributed by atoms with Crippen LogP contribution in [0.4, 0.5) is 5.69 Å². The molecule has 3 rings (SSSR count). The molecule has 2 amide bonds. The molecule has 0 saturated heterocycles. The molecule has 0 spiro atoms. The first-order valence-electron chi connectivity index (χ1n) is 8.15. The van der Waals surface area contributed by atoms with Gasteiger partial charge >= 0.3 is 11.8 Å². The van der Waals surface area contributed by atoms with Gasteiger partial charge in [0, 0.05) is 11.3 Å². The molecular formula is C19H19N3O4. The Labute approximate surface area is 151 Å². The number of ether oxygens (including phenoxy) is 2. The fourth-order valence-corrected chi connectivity index (χ4v) is 2.34. The second kappa shape index (κ2) is 7.69. The van der Waals surface area contributed by atoms with Crippen LogP contribution >= 0.6 is 0 Å². The minimum atomic E-state index is -0.845. The number of amides is 2. The van der Waals surface area contributed by atoms with Crippen molar-refractivity contribution < 1.29 is 19.1 Å². The number of hydrogen-bond donors (Lipinski definition) is 2. The lowest BCUT2D eigenvalue weighted by atomic mass is 10.1. The van der Waals surface area contributed by atoms with Gasteiger partial charge in [-0.15, -0.1) is 0 Å². The highest BCUT2D eigenvalue weighted by Gasteiger charge is 2.15. The first-order valence-corrected chi connectivity index (χ1v) is 8.15. The predicted molar refractivity (Wildman–Crippen MR) is 97.6 cm³/mol. The van der Waals surface area contributed by atoms with Crippen molar-refractivity contribution in [3.05, 3.63) is 53.6 Å². The van der Waals surface area contributed by atoms with Gasteiger partial charge in [0.2, 0.25) is 0 Å². The molecule has 0 bridgehead atoms. The van der Waals surface area contributed by atoms with Gasteiger partial charge in [-0.05, 0) is 44.2 Å². The summed E-state index contributed by atoms with van der Waals surface area (Å²) in [5.41, 5.74) is 5.16. The lowest BCUT2D eigenvalue weighted by Gasteiger charge is -2.18. The lowest BCUT2D eigenvalue weighted by molar-refractivity contribution is -0.136. The Bertz CT molecular complexity index is 860. The van der Waals surface area contributed by atoms with Gasteiger partial charge < -0.3 is 14.8 Å². The monoisotopic (exact) mass is 353 g/mol. The average molecular weight is 353 g/mol. The average Bonchev–Trinajstić information content (AvgIpc) is 2.67. The van der Waals surface area contributed by atoms with Crippen LogP contribution in [-0.2, 0) is 9.59 Å². The molecule has 0 saturated carbocycles. The number of nitrogens with zero attached hydrogens (tertiary/aromatic N) is 1. The molecule has 7 nitrogen and oxygen atoms in total. The maximum atomic E-state index is 11.9. The lowest BCUT2D eigenvalue weighted by Crippen LogP contribution is -2.32. The van der Waals surface area contributed by atoms with Crippen molar-refractivity contribution in [1.82, 2.24) is 5.43 Å². The van der Waals surface area contributed by atoms with Gasteiger partial charge in [-0.1, -0.05) is 17.7 Å². The molecule has 1 aliphatic rings. The van der Waals surface area contributed by atoms with Gasteiger partial charge in [0.25, 0.3) is 0 Å². The van der Waals surface area contributed by atoms with Crippen molar-refractivity contribution in [2.24, 2.45) is 5.10 Å². The van der Waals surface area contributed by atoms with Crippen LogP contribution in [0.15, 0.2) is 47.6 Å². The van der Waals surface area contributed by atoms with Crippen molar-refractivity contribution in [3.8, 4) is 11.5 Å².